The van der Waals surface area contributed by atoms with E-state index in [9.17, 15) is 0 Å². The van der Waals surface area contributed by atoms with Crippen LogP contribution in [0, 0.1) is 0 Å². The molecule has 2 aliphatic rings. The number of nitrogens with zero attached hydrogens (tertiary/aromatic N) is 2. The van der Waals surface area contributed by atoms with Crippen LogP contribution in [0.25, 0.3) is 0 Å². The molecule has 0 amide bonds. The minimum absolute atomic E-state index is 0.578. The molecule has 2 aliphatic heterocycles. The summed E-state index contributed by atoms with van der Waals surface area (Å²) in [6.45, 7) is 3.27. The molecule has 1 aromatic carbocycles. The zero-order valence-corrected chi connectivity index (χ0v) is 10.8. The van der Waals surface area contributed by atoms with Gasteiger partial charge in [0.15, 0.2) is 0 Å². The Hall–Kier alpha value is -1.87. The molecule has 2 aromatic rings. The summed E-state index contributed by atoms with van der Waals surface area (Å²) in [6.07, 6.45) is 3.80. The summed E-state index contributed by atoms with van der Waals surface area (Å²) < 4.78 is 0. The summed E-state index contributed by atoms with van der Waals surface area (Å²) in [7, 11) is 0. The summed E-state index contributed by atoms with van der Waals surface area (Å²) in [5.74, 6) is 0.646. The van der Waals surface area contributed by atoms with Crippen LogP contribution in [0.2, 0.25) is 0 Å². The Morgan fingerprint density at radius 2 is 2.11 bits per heavy atom. The van der Waals surface area contributed by atoms with Crippen molar-refractivity contribution in [1.82, 2.24) is 9.88 Å². The molecule has 1 saturated heterocycles. The van der Waals surface area contributed by atoms with Gasteiger partial charge in [0.25, 0.3) is 0 Å². The van der Waals surface area contributed by atoms with Gasteiger partial charge < -0.3 is 5.32 Å². The Balaban J connectivity index is 1.51. The first-order valence-corrected chi connectivity index (χ1v) is 6.87. The van der Waals surface area contributed by atoms with E-state index in [4.69, 9.17) is 0 Å². The number of nitrogens with one attached hydrogen (secondary N) is 1. The monoisotopic (exact) mass is 251 g/mol. The van der Waals surface area contributed by atoms with Gasteiger partial charge in [0.05, 0.1) is 0 Å². The highest BCUT2D eigenvalue weighted by Gasteiger charge is 2.39. The fourth-order valence-electron chi connectivity index (χ4n) is 3.38. The molecule has 0 radical (unpaired) electrons. The van der Waals surface area contributed by atoms with Gasteiger partial charge in [0, 0.05) is 49.7 Å². The molecule has 3 heterocycles. The van der Waals surface area contributed by atoms with Gasteiger partial charge in [-0.3, -0.25) is 9.88 Å². The second kappa shape index (κ2) is 4.35. The lowest BCUT2D eigenvalue weighted by Gasteiger charge is -2.17. The highest BCUT2D eigenvalue weighted by molar-refractivity contribution is 5.60. The maximum absolute atomic E-state index is 4.19. The van der Waals surface area contributed by atoms with Gasteiger partial charge in [-0.2, -0.15) is 0 Å². The van der Waals surface area contributed by atoms with E-state index < -0.39 is 0 Å². The lowest BCUT2D eigenvalue weighted by molar-refractivity contribution is 0.323. The Kier molecular flexibility index (Phi) is 2.52. The molecule has 96 valence electrons. The second-order valence-electron chi connectivity index (χ2n) is 5.50. The first-order chi connectivity index (χ1) is 9.40. The average molecular weight is 251 g/mol. The van der Waals surface area contributed by atoms with Crippen LogP contribution in [0.3, 0.4) is 0 Å². The molecule has 1 fully saturated rings. The third kappa shape index (κ3) is 1.90. The van der Waals surface area contributed by atoms with Crippen LogP contribution >= 0.6 is 0 Å². The maximum atomic E-state index is 4.19. The molecule has 0 unspecified atom stereocenters. The molecule has 0 spiro atoms. The minimum atomic E-state index is 0.578. The quantitative estimate of drug-likeness (QED) is 0.888. The molecule has 0 aliphatic carbocycles. The summed E-state index contributed by atoms with van der Waals surface area (Å²) in [5, 5.41) is 3.65. The third-order valence-electron chi connectivity index (χ3n) is 4.23. The largest absolute Gasteiger partial charge is 0.380 e. The van der Waals surface area contributed by atoms with Gasteiger partial charge in [0.1, 0.15) is 0 Å². The number of likely N-dealkylation sites (tertiary alicyclic amines) is 1. The minimum Gasteiger partial charge on any atom is -0.380 e. The van der Waals surface area contributed by atoms with Crippen LogP contribution < -0.4 is 5.32 Å². The third-order valence-corrected chi connectivity index (χ3v) is 4.23. The van der Waals surface area contributed by atoms with Crippen LogP contribution in [0.5, 0.6) is 0 Å². The number of para-hydroxylation sites is 1. The van der Waals surface area contributed by atoms with Gasteiger partial charge >= 0.3 is 0 Å². The normalized spacial score (nSPS) is 24.8. The number of aromatic nitrogens is 1. The topological polar surface area (TPSA) is 28.2 Å². The number of pyridine rings is 1. The van der Waals surface area contributed by atoms with Crippen molar-refractivity contribution >= 4 is 5.69 Å². The number of fused-ring (bicyclic) bond motifs is 3. The van der Waals surface area contributed by atoms with Gasteiger partial charge in [-0.25, -0.2) is 0 Å². The summed E-state index contributed by atoms with van der Waals surface area (Å²) in [6, 6.07) is 13.5. The molecule has 0 saturated carbocycles. The Morgan fingerprint density at radius 1 is 1.16 bits per heavy atom. The number of hydrogen-bond donors (Lipinski definition) is 1. The maximum Gasteiger partial charge on any atom is 0.0470 e. The molecule has 3 heteroatoms. The van der Waals surface area contributed by atoms with Crippen LogP contribution in [0.4, 0.5) is 5.69 Å². The second-order valence-corrected chi connectivity index (χ2v) is 5.50. The van der Waals surface area contributed by atoms with Crippen LogP contribution in [-0.2, 0) is 6.54 Å². The van der Waals surface area contributed by atoms with Crippen LogP contribution in [-0.4, -0.2) is 29.0 Å². The van der Waals surface area contributed by atoms with Crippen molar-refractivity contribution in [3.8, 4) is 0 Å². The predicted molar refractivity (Wildman–Crippen MR) is 76.1 cm³/mol. The van der Waals surface area contributed by atoms with E-state index in [0.717, 1.165) is 19.6 Å². The van der Waals surface area contributed by atoms with Crippen molar-refractivity contribution in [2.24, 2.45) is 0 Å². The van der Waals surface area contributed by atoms with Gasteiger partial charge in [-0.15, -0.1) is 0 Å². The van der Waals surface area contributed by atoms with E-state index in [-0.39, 0.29) is 0 Å². The van der Waals surface area contributed by atoms with Crippen molar-refractivity contribution in [3.63, 3.8) is 0 Å². The zero-order chi connectivity index (χ0) is 12.7. The smallest absolute Gasteiger partial charge is 0.0470 e. The predicted octanol–water partition coefficient (Wildman–Crippen LogP) is 2.48. The molecular weight excluding hydrogens is 234 g/mol. The van der Waals surface area contributed by atoms with Gasteiger partial charge in [-0.05, 0) is 23.3 Å². The van der Waals surface area contributed by atoms with E-state index >= 15 is 0 Å². The van der Waals surface area contributed by atoms with Crippen LogP contribution in [0.1, 0.15) is 17.0 Å². The number of hydrogen-bond acceptors (Lipinski definition) is 3. The van der Waals surface area contributed by atoms with E-state index in [0.29, 0.717) is 12.0 Å². The molecule has 1 N–H and O–H groups in total. The van der Waals surface area contributed by atoms with Gasteiger partial charge in [-0.1, -0.05) is 24.3 Å². The SMILES string of the molecule is c1cncc(CN2C[C@@H]3c4ccccc4N[C@@H]3C2)c1. The molecule has 19 heavy (non-hydrogen) atoms. The number of benzene rings is 1. The molecule has 2 atom stereocenters. The standard InChI is InChI=1S/C16H17N3/c1-2-6-15-13(5-1)14-10-19(11-16(14)18-15)9-12-4-3-7-17-8-12/h1-8,14,16,18H,9-11H2/t14-,16-/m1/s1. The van der Waals surface area contributed by atoms with Crippen molar-refractivity contribution < 1.29 is 0 Å². The van der Waals surface area contributed by atoms with Crippen molar-refractivity contribution in [2.45, 2.75) is 18.5 Å². The van der Waals surface area contributed by atoms with Crippen molar-refractivity contribution in [1.29, 1.82) is 0 Å². The zero-order valence-electron chi connectivity index (χ0n) is 10.8. The van der Waals surface area contributed by atoms with Crippen molar-refractivity contribution in [2.75, 3.05) is 18.4 Å². The molecular formula is C16H17N3. The summed E-state index contributed by atoms with van der Waals surface area (Å²) in [5.41, 5.74) is 4.12. The van der Waals surface area contributed by atoms with E-state index in [2.05, 4.69) is 45.5 Å². The fraction of sp³-hybridized carbons (Fsp3) is 0.312. The van der Waals surface area contributed by atoms with Gasteiger partial charge in [0.2, 0.25) is 0 Å². The lowest BCUT2D eigenvalue weighted by atomic mass is 9.98. The van der Waals surface area contributed by atoms with Crippen LogP contribution in [0.15, 0.2) is 48.8 Å². The summed E-state index contributed by atoms with van der Waals surface area (Å²) >= 11 is 0. The Labute approximate surface area is 113 Å². The highest BCUT2D eigenvalue weighted by atomic mass is 15.2. The van der Waals surface area contributed by atoms with E-state index in [1.54, 1.807) is 0 Å². The van der Waals surface area contributed by atoms with E-state index in [1.807, 2.05) is 18.5 Å². The Morgan fingerprint density at radius 3 is 3.00 bits per heavy atom. The number of anilines is 1. The number of rotatable bonds is 2. The first kappa shape index (κ1) is 11.0. The molecule has 3 nitrogen and oxygen atoms in total. The highest BCUT2D eigenvalue weighted by Crippen LogP contribution is 2.40. The molecule has 0 bridgehead atoms. The first-order valence-electron chi connectivity index (χ1n) is 6.87. The van der Waals surface area contributed by atoms with E-state index in [1.165, 1.54) is 16.8 Å². The molecule has 4 rings (SSSR count). The van der Waals surface area contributed by atoms with Crippen molar-refractivity contribution in [3.05, 3.63) is 59.9 Å². The molecule has 1 aromatic heterocycles. The summed E-state index contributed by atoms with van der Waals surface area (Å²) in [4.78, 5) is 6.72. The lowest BCUT2D eigenvalue weighted by Crippen LogP contribution is -2.25. The fourth-order valence-corrected chi connectivity index (χ4v) is 3.38. The average Bonchev–Trinajstić information content (AvgIpc) is 2.97. The Bertz CT molecular complexity index is 582.